The summed E-state index contributed by atoms with van der Waals surface area (Å²) in [5, 5.41) is 9.13. The van der Waals surface area contributed by atoms with Gasteiger partial charge in [-0.15, -0.1) is 0 Å². The predicted molar refractivity (Wildman–Crippen MR) is 49.4 cm³/mol. The summed E-state index contributed by atoms with van der Waals surface area (Å²) in [4.78, 5) is 10.7. The first-order valence-electron chi connectivity index (χ1n) is 3.77. The molecule has 0 atom stereocenters. The van der Waals surface area contributed by atoms with Crippen LogP contribution in [0, 0.1) is 0 Å². The summed E-state index contributed by atoms with van der Waals surface area (Å²) >= 11 is 0. The summed E-state index contributed by atoms with van der Waals surface area (Å²) in [5.41, 5.74) is 0.428. The Labute approximate surface area is 76.3 Å². The molecule has 0 radical (unpaired) electrons. The van der Waals surface area contributed by atoms with Crippen LogP contribution in [0.4, 0.5) is 0 Å². The molecule has 0 amide bonds. The van der Waals surface area contributed by atoms with Crippen molar-refractivity contribution in [3.05, 3.63) is 36.4 Å². The molecular weight excluding hydrogens is 168 g/mol. The van der Waals surface area contributed by atoms with Crippen LogP contribution in [-0.2, 0) is 4.79 Å². The molecule has 0 spiro atoms. The second-order valence-electron chi connectivity index (χ2n) is 2.54. The number of esters is 1. The third kappa shape index (κ3) is 2.33. The minimum absolute atomic E-state index is 0.114. The van der Waals surface area contributed by atoms with E-state index in [-0.39, 0.29) is 5.76 Å². The Bertz CT molecular complexity index is 342. The lowest BCUT2D eigenvalue weighted by atomic mass is 10.2. The van der Waals surface area contributed by atoms with Gasteiger partial charge in [-0.2, -0.15) is 0 Å². The van der Waals surface area contributed by atoms with Gasteiger partial charge in [0, 0.05) is 6.92 Å². The van der Waals surface area contributed by atoms with Gasteiger partial charge >= 0.3 is 5.97 Å². The van der Waals surface area contributed by atoms with Crippen molar-refractivity contribution in [3.8, 4) is 5.75 Å². The number of aliphatic hydroxyl groups is 1. The first-order chi connectivity index (χ1) is 6.11. The van der Waals surface area contributed by atoms with Gasteiger partial charge in [0.2, 0.25) is 0 Å². The van der Waals surface area contributed by atoms with E-state index in [0.29, 0.717) is 11.3 Å². The Hall–Kier alpha value is -1.77. The van der Waals surface area contributed by atoms with Gasteiger partial charge in [0.25, 0.3) is 0 Å². The Kier molecular flexibility index (Phi) is 2.69. The lowest BCUT2D eigenvalue weighted by Crippen LogP contribution is -2.03. The number of carbonyl (C=O) groups is 1. The van der Waals surface area contributed by atoms with Crippen molar-refractivity contribution in [3.63, 3.8) is 0 Å². The Morgan fingerprint density at radius 2 is 2.08 bits per heavy atom. The summed E-state index contributed by atoms with van der Waals surface area (Å²) in [5.74, 6) is -0.215. The molecular formula is C10H10O3. The van der Waals surface area contributed by atoms with Crippen LogP contribution in [0.15, 0.2) is 30.8 Å². The first kappa shape index (κ1) is 9.32. The van der Waals surface area contributed by atoms with E-state index in [9.17, 15) is 4.79 Å². The number of ether oxygens (including phenoxy) is 1. The fourth-order valence-electron chi connectivity index (χ4n) is 0.949. The van der Waals surface area contributed by atoms with Crippen LogP contribution in [0.5, 0.6) is 5.75 Å². The summed E-state index contributed by atoms with van der Waals surface area (Å²) in [6, 6.07) is 6.66. The molecule has 0 unspecified atom stereocenters. The third-order valence-corrected chi connectivity index (χ3v) is 1.45. The SMILES string of the molecule is C=C(O)c1ccccc1OC(C)=O. The zero-order valence-corrected chi connectivity index (χ0v) is 7.28. The molecule has 0 saturated heterocycles. The van der Waals surface area contributed by atoms with Crippen LogP contribution in [0.1, 0.15) is 12.5 Å². The molecule has 1 aromatic carbocycles. The highest BCUT2D eigenvalue weighted by molar-refractivity contribution is 5.72. The molecule has 0 fully saturated rings. The second kappa shape index (κ2) is 3.76. The molecule has 1 aromatic rings. The Morgan fingerprint density at radius 3 is 2.62 bits per heavy atom. The zero-order chi connectivity index (χ0) is 9.84. The molecule has 68 valence electrons. The van der Waals surface area contributed by atoms with E-state index in [1.54, 1.807) is 24.3 Å². The maximum atomic E-state index is 10.7. The van der Waals surface area contributed by atoms with Gasteiger partial charge < -0.3 is 9.84 Å². The van der Waals surface area contributed by atoms with Gasteiger partial charge in [-0.3, -0.25) is 4.79 Å². The Morgan fingerprint density at radius 1 is 1.46 bits per heavy atom. The van der Waals surface area contributed by atoms with Crippen molar-refractivity contribution < 1.29 is 14.6 Å². The van der Waals surface area contributed by atoms with Crippen LogP contribution < -0.4 is 4.74 Å². The van der Waals surface area contributed by atoms with E-state index in [2.05, 4.69) is 6.58 Å². The minimum Gasteiger partial charge on any atom is -0.508 e. The number of carbonyl (C=O) groups excluding carboxylic acids is 1. The van der Waals surface area contributed by atoms with Gasteiger partial charge in [0.05, 0.1) is 5.56 Å². The van der Waals surface area contributed by atoms with E-state index in [1.165, 1.54) is 6.92 Å². The number of benzene rings is 1. The standard InChI is InChI=1S/C10H10O3/c1-7(11)9-5-3-4-6-10(9)13-8(2)12/h3-6,11H,1H2,2H3. The fraction of sp³-hybridized carbons (Fsp3) is 0.100. The average molecular weight is 178 g/mol. The van der Waals surface area contributed by atoms with E-state index in [1.807, 2.05) is 0 Å². The number of hydrogen-bond donors (Lipinski definition) is 1. The van der Waals surface area contributed by atoms with Crippen molar-refractivity contribution in [1.82, 2.24) is 0 Å². The van der Waals surface area contributed by atoms with E-state index < -0.39 is 5.97 Å². The highest BCUT2D eigenvalue weighted by Gasteiger charge is 2.06. The maximum Gasteiger partial charge on any atom is 0.308 e. The largest absolute Gasteiger partial charge is 0.508 e. The molecule has 1 rings (SSSR count). The molecule has 0 heterocycles. The molecule has 0 aliphatic heterocycles. The van der Waals surface area contributed by atoms with Crippen LogP contribution in [-0.4, -0.2) is 11.1 Å². The molecule has 0 aliphatic rings. The molecule has 3 nitrogen and oxygen atoms in total. The number of para-hydroxylation sites is 1. The molecule has 0 bridgehead atoms. The fourth-order valence-corrected chi connectivity index (χ4v) is 0.949. The van der Waals surface area contributed by atoms with Crippen molar-refractivity contribution in [2.45, 2.75) is 6.92 Å². The van der Waals surface area contributed by atoms with E-state index in [4.69, 9.17) is 9.84 Å². The highest BCUT2D eigenvalue weighted by Crippen LogP contribution is 2.22. The van der Waals surface area contributed by atoms with Crippen molar-refractivity contribution in [2.75, 3.05) is 0 Å². The highest BCUT2D eigenvalue weighted by atomic mass is 16.5. The van der Waals surface area contributed by atoms with Gasteiger partial charge in [0.1, 0.15) is 11.5 Å². The lowest BCUT2D eigenvalue weighted by Gasteiger charge is -2.06. The lowest BCUT2D eigenvalue weighted by molar-refractivity contribution is -0.131. The molecule has 3 heteroatoms. The normalized spacial score (nSPS) is 9.31. The predicted octanol–water partition coefficient (Wildman–Crippen LogP) is 2.14. The average Bonchev–Trinajstić information content (AvgIpc) is 2.03. The van der Waals surface area contributed by atoms with Gasteiger partial charge in [-0.05, 0) is 12.1 Å². The van der Waals surface area contributed by atoms with E-state index >= 15 is 0 Å². The minimum atomic E-state index is -0.422. The smallest absolute Gasteiger partial charge is 0.308 e. The van der Waals surface area contributed by atoms with Crippen LogP contribution >= 0.6 is 0 Å². The first-order valence-corrected chi connectivity index (χ1v) is 3.77. The Balaban J connectivity index is 3.04. The van der Waals surface area contributed by atoms with Crippen LogP contribution in [0.3, 0.4) is 0 Å². The maximum absolute atomic E-state index is 10.7. The van der Waals surface area contributed by atoms with Crippen molar-refractivity contribution in [1.29, 1.82) is 0 Å². The summed E-state index contributed by atoms with van der Waals surface area (Å²) in [6.07, 6.45) is 0. The second-order valence-corrected chi connectivity index (χ2v) is 2.54. The summed E-state index contributed by atoms with van der Waals surface area (Å²) in [6.45, 7) is 4.66. The number of rotatable bonds is 2. The summed E-state index contributed by atoms with van der Waals surface area (Å²) < 4.78 is 4.85. The van der Waals surface area contributed by atoms with Gasteiger partial charge in [-0.25, -0.2) is 0 Å². The van der Waals surface area contributed by atoms with Crippen molar-refractivity contribution in [2.24, 2.45) is 0 Å². The molecule has 0 aromatic heterocycles. The van der Waals surface area contributed by atoms with E-state index in [0.717, 1.165) is 0 Å². The van der Waals surface area contributed by atoms with Crippen molar-refractivity contribution >= 4 is 11.7 Å². The topological polar surface area (TPSA) is 46.5 Å². The molecule has 0 saturated carbocycles. The zero-order valence-electron chi connectivity index (χ0n) is 7.28. The van der Waals surface area contributed by atoms with Gasteiger partial charge in [-0.1, -0.05) is 18.7 Å². The monoisotopic (exact) mass is 178 g/mol. The summed E-state index contributed by atoms with van der Waals surface area (Å²) in [7, 11) is 0. The quantitative estimate of drug-likeness (QED) is 0.428. The third-order valence-electron chi connectivity index (χ3n) is 1.45. The molecule has 0 aliphatic carbocycles. The molecule has 1 N–H and O–H groups in total. The van der Waals surface area contributed by atoms with Crippen LogP contribution in [0.2, 0.25) is 0 Å². The number of hydrogen-bond acceptors (Lipinski definition) is 3. The number of aliphatic hydroxyl groups excluding tert-OH is 1. The van der Waals surface area contributed by atoms with Crippen LogP contribution in [0.25, 0.3) is 5.76 Å². The molecule has 13 heavy (non-hydrogen) atoms. The van der Waals surface area contributed by atoms with Gasteiger partial charge in [0.15, 0.2) is 0 Å².